The molecule has 1 aliphatic heterocycles. The third-order valence-electron chi connectivity index (χ3n) is 4.26. The van der Waals surface area contributed by atoms with Crippen molar-refractivity contribution in [1.29, 1.82) is 0 Å². The predicted octanol–water partition coefficient (Wildman–Crippen LogP) is 2.95. The number of nitrogens with two attached hydrogens (primary N) is 1. The van der Waals surface area contributed by atoms with Crippen LogP contribution in [-0.2, 0) is 0 Å². The first-order valence-corrected chi connectivity index (χ1v) is 7.78. The summed E-state index contributed by atoms with van der Waals surface area (Å²) in [5, 5.41) is 1.87. The van der Waals surface area contributed by atoms with Crippen LogP contribution in [0.3, 0.4) is 0 Å². The van der Waals surface area contributed by atoms with Crippen LogP contribution in [0.25, 0.3) is 10.8 Å². The Kier molecular flexibility index (Phi) is 4.09. The maximum atomic E-state index is 12.6. The molecular formula is C18H20N2O2. The lowest BCUT2D eigenvalue weighted by Gasteiger charge is -2.20. The van der Waals surface area contributed by atoms with Crippen LogP contribution in [0.5, 0.6) is 0 Å². The zero-order valence-corrected chi connectivity index (χ0v) is 12.5. The summed E-state index contributed by atoms with van der Waals surface area (Å²) in [7, 11) is 0. The van der Waals surface area contributed by atoms with Crippen LogP contribution >= 0.6 is 0 Å². The van der Waals surface area contributed by atoms with Gasteiger partial charge in [0.25, 0.3) is 5.91 Å². The summed E-state index contributed by atoms with van der Waals surface area (Å²) in [4.78, 5) is 25.8. The standard InChI is InChI=1S/C18H20N2O2/c19-17(21)15-7-5-14-12-16(8-6-13(14)11-15)18(22)20-9-3-1-2-4-10-20/h5-8,11-12H,1-4,9-10H2,(H2,19,21). The average Bonchev–Trinajstić information content (AvgIpc) is 2.82. The van der Waals surface area contributed by atoms with E-state index in [9.17, 15) is 9.59 Å². The Morgan fingerprint density at radius 2 is 1.36 bits per heavy atom. The minimum absolute atomic E-state index is 0.0998. The van der Waals surface area contributed by atoms with Crippen molar-refractivity contribution in [2.75, 3.05) is 13.1 Å². The van der Waals surface area contributed by atoms with E-state index in [0.29, 0.717) is 11.1 Å². The number of amides is 2. The SMILES string of the molecule is NC(=O)c1ccc2cc(C(=O)N3CCCCCC3)ccc2c1. The summed E-state index contributed by atoms with van der Waals surface area (Å²) < 4.78 is 0. The largest absolute Gasteiger partial charge is 0.366 e. The number of carbonyl (C=O) groups is 2. The van der Waals surface area contributed by atoms with Gasteiger partial charge in [0.05, 0.1) is 0 Å². The highest BCUT2D eigenvalue weighted by Crippen LogP contribution is 2.20. The van der Waals surface area contributed by atoms with E-state index in [-0.39, 0.29) is 5.91 Å². The van der Waals surface area contributed by atoms with Gasteiger partial charge in [-0.2, -0.15) is 0 Å². The maximum Gasteiger partial charge on any atom is 0.253 e. The Morgan fingerprint density at radius 3 is 1.95 bits per heavy atom. The smallest absolute Gasteiger partial charge is 0.253 e. The molecular weight excluding hydrogens is 276 g/mol. The number of hydrogen-bond donors (Lipinski definition) is 1. The van der Waals surface area contributed by atoms with Crippen molar-refractivity contribution in [1.82, 2.24) is 4.90 Å². The van der Waals surface area contributed by atoms with Crippen LogP contribution in [0.15, 0.2) is 36.4 Å². The van der Waals surface area contributed by atoms with Gasteiger partial charge in [-0.1, -0.05) is 25.0 Å². The highest BCUT2D eigenvalue weighted by Gasteiger charge is 2.17. The second kappa shape index (κ2) is 6.18. The lowest BCUT2D eigenvalue weighted by atomic mass is 10.0. The Morgan fingerprint density at radius 1 is 0.818 bits per heavy atom. The summed E-state index contributed by atoms with van der Waals surface area (Å²) in [6.07, 6.45) is 4.58. The summed E-state index contributed by atoms with van der Waals surface area (Å²) in [5.74, 6) is -0.339. The molecule has 0 atom stereocenters. The summed E-state index contributed by atoms with van der Waals surface area (Å²) >= 11 is 0. The van der Waals surface area contributed by atoms with Crippen molar-refractivity contribution in [2.45, 2.75) is 25.7 Å². The van der Waals surface area contributed by atoms with Gasteiger partial charge in [-0.25, -0.2) is 0 Å². The first-order chi connectivity index (χ1) is 10.6. The van der Waals surface area contributed by atoms with Crippen molar-refractivity contribution in [3.8, 4) is 0 Å². The number of benzene rings is 2. The topological polar surface area (TPSA) is 63.4 Å². The summed E-state index contributed by atoms with van der Waals surface area (Å²) in [6.45, 7) is 1.69. The fraction of sp³-hybridized carbons (Fsp3) is 0.333. The molecule has 0 aliphatic carbocycles. The zero-order valence-electron chi connectivity index (χ0n) is 12.5. The van der Waals surface area contributed by atoms with Gasteiger partial charge < -0.3 is 10.6 Å². The Bertz CT molecular complexity index is 716. The van der Waals surface area contributed by atoms with Crippen LogP contribution in [-0.4, -0.2) is 29.8 Å². The number of hydrogen-bond acceptors (Lipinski definition) is 2. The van der Waals surface area contributed by atoms with Crippen molar-refractivity contribution in [3.05, 3.63) is 47.5 Å². The molecule has 0 saturated carbocycles. The number of likely N-dealkylation sites (tertiary alicyclic amines) is 1. The van der Waals surface area contributed by atoms with Crippen LogP contribution in [0.4, 0.5) is 0 Å². The van der Waals surface area contributed by atoms with E-state index in [1.165, 1.54) is 12.8 Å². The third-order valence-corrected chi connectivity index (χ3v) is 4.26. The second-order valence-electron chi connectivity index (χ2n) is 5.85. The molecule has 0 bridgehead atoms. The van der Waals surface area contributed by atoms with Crippen LogP contribution < -0.4 is 5.73 Å². The zero-order chi connectivity index (χ0) is 15.5. The van der Waals surface area contributed by atoms with Crippen molar-refractivity contribution in [2.24, 2.45) is 5.73 Å². The molecule has 1 saturated heterocycles. The Hall–Kier alpha value is -2.36. The quantitative estimate of drug-likeness (QED) is 0.926. The molecule has 2 aromatic rings. The van der Waals surface area contributed by atoms with E-state index < -0.39 is 5.91 Å². The Labute approximate surface area is 129 Å². The lowest BCUT2D eigenvalue weighted by molar-refractivity contribution is 0.0761. The van der Waals surface area contributed by atoms with Gasteiger partial charge in [0.15, 0.2) is 0 Å². The van der Waals surface area contributed by atoms with E-state index in [4.69, 9.17) is 5.73 Å². The van der Waals surface area contributed by atoms with Crippen molar-refractivity contribution >= 4 is 22.6 Å². The summed E-state index contributed by atoms with van der Waals surface area (Å²) in [5.41, 5.74) is 6.49. The molecule has 0 radical (unpaired) electrons. The molecule has 1 heterocycles. The monoisotopic (exact) mass is 296 g/mol. The molecule has 4 nitrogen and oxygen atoms in total. The normalized spacial score (nSPS) is 15.5. The number of nitrogens with zero attached hydrogens (tertiary/aromatic N) is 1. The van der Waals surface area contributed by atoms with Gasteiger partial charge in [-0.05, 0) is 47.9 Å². The number of carbonyl (C=O) groups excluding carboxylic acids is 2. The van der Waals surface area contributed by atoms with Crippen molar-refractivity contribution < 1.29 is 9.59 Å². The average molecular weight is 296 g/mol. The molecule has 3 rings (SSSR count). The molecule has 1 aliphatic rings. The van der Waals surface area contributed by atoms with E-state index in [1.54, 1.807) is 12.1 Å². The molecule has 22 heavy (non-hydrogen) atoms. The molecule has 0 unspecified atom stereocenters. The predicted molar refractivity (Wildman–Crippen MR) is 86.8 cm³/mol. The molecule has 4 heteroatoms. The second-order valence-corrected chi connectivity index (χ2v) is 5.85. The van der Waals surface area contributed by atoms with E-state index in [1.807, 2.05) is 29.2 Å². The first-order valence-electron chi connectivity index (χ1n) is 7.78. The fourth-order valence-electron chi connectivity index (χ4n) is 2.99. The molecule has 2 amide bonds. The van der Waals surface area contributed by atoms with Gasteiger partial charge in [0, 0.05) is 24.2 Å². The maximum absolute atomic E-state index is 12.6. The molecule has 1 fully saturated rings. The van der Waals surface area contributed by atoms with Gasteiger partial charge >= 0.3 is 0 Å². The molecule has 0 aromatic heterocycles. The minimum Gasteiger partial charge on any atom is -0.366 e. The van der Waals surface area contributed by atoms with Gasteiger partial charge in [0.2, 0.25) is 5.91 Å². The minimum atomic E-state index is -0.438. The van der Waals surface area contributed by atoms with Crippen LogP contribution in [0.1, 0.15) is 46.4 Å². The van der Waals surface area contributed by atoms with E-state index in [2.05, 4.69) is 0 Å². The number of fused-ring (bicyclic) bond motifs is 1. The highest BCUT2D eigenvalue weighted by atomic mass is 16.2. The number of primary amides is 1. The summed E-state index contributed by atoms with van der Waals surface area (Å²) in [6, 6.07) is 10.9. The number of rotatable bonds is 2. The molecule has 2 N–H and O–H groups in total. The van der Waals surface area contributed by atoms with E-state index in [0.717, 1.165) is 36.7 Å². The van der Waals surface area contributed by atoms with Crippen LogP contribution in [0.2, 0.25) is 0 Å². The van der Waals surface area contributed by atoms with Crippen molar-refractivity contribution in [3.63, 3.8) is 0 Å². The third kappa shape index (κ3) is 2.96. The van der Waals surface area contributed by atoms with Gasteiger partial charge in [0.1, 0.15) is 0 Å². The fourth-order valence-corrected chi connectivity index (χ4v) is 2.99. The van der Waals surface area contributed by atoms with Gasteiger partial charge in [-0.15, -0.1) is 0 Å². The molecule has 114 valence electrons. The van der Waals surface area contributed by atoms with Crippen LogP contribution in [0, 0.1) is 0 Å². The first kappa shape index (κ1) is 14.6. The Balaban J connectivity index is 1.89. The van der Waals surface area contributed by atoms with E-state index >= 15 is 0 Å². The van der Waals surface area contributed by atoms with Gasteiger partial charge in [-0.3, -0.25) is 9.59 Å². The lowest BCUT2D eigenvalue weighted by Crippen LogP contribution is -2.31. The highest BCUT2D eigenvalue weighted by molar-refractivity contribution is 6.01. The molecule has 2 aromatic carbocycles. The molecule has 0 spiro atoms.